The van der Waals surface area contributed by atoms with Gasteiger partial charge in [-0.25, -0.2) is 4.39 Å². The minimum Gasteiger partial charge on any atom is -0.389 e. The van der Waals surface area contributed by atoms with Crippen LogP contribution in [0.4, 0.5) is 4.39 Å². The molecule has 2 rings (SSSR count). The van der Waals surface area contributed by atoms with Crippen LogP contribution in [0.5, 0.6) is 0 Å². The molecule has 1 N–H and O–H groups in total. The topological polar surface area (TPSA) is 53.0 Å². The molecule has 0 aliphatic carbocycles. The molecular weight excluding hydrogens is 239 g/mol. The molecule has 2 fully saturated rings. The van der Waals surface area contributed by atoms with Crippen LogP contribution in [-0.2, 0) is 9.53 Å². The van der Waals surface area contributed by atoms with Gasteiger partial charge in [0.05, 0.1) is 24.9 Å². The summed E-state index contributed by atoms with van der Waals surface area (Å²) in [6.45, 7) is 5.60. The molecule has 2 saturated heterocycles. The van der Waals surface area contributed by atoms with Gasteiger partial charge >= 0.3 is 0 Å². The number of morpholine rings is 1. The Morgan fingerprint density at radius 3 is 2.39 bits per heavy atom. The number of nitrogens with zero attached hydrogens (tertiary/aromatic N) is 2. The lowest BCUT2D eigenvalue weighted by Gasteiger charge is -2.36. The highest BCUT2D eigenvalue weighted by Gasteiger charge is 2.34. The third kappa shape index (κ3) is 3.18. The maximum absolute atomic E-state index is 13.1. The largest absolute Gasteiger partial charge is 0.389 e. The molecule has 0 aromatic carbocycles. The van der Waals surface area contributed by atoms with E-state index in [0.717, 1.165) is 0 Å². The Labute approximate surface area is 106 Å². The van der Waals surface area contributed by atoms with Crippen molar-refractivity contribution < 1.29 is 19.0 Å². The molecule has 0 radical (unpaired) electrons. The SMILES string of the molecule is C[C@@H]1CN(C(=O)CN2C[C@@H](O)[C@H](F)C2)C[C@H](C)O1. The Morgan fingerprint density at radius 2 is 1.89 bits per heavy atom. The minimum absolute atomic E-state index is 0.0155. The Kier molecular flexibility index (Phi) is 4.19. The molecule has 0 aromatic heterocycles. The minimum atomic E-state index is -1.24. The van der Waals surface area contributed by atoms with E-state index in [4.69, 9.17) is 4.74 Å². The molecular formula is C12H21FN2O3. The van der Waals surface area contributed by atoms with Crippen molar-refractivity contribution in [2.45, 2.75) is 38.3 Å². The molecule has 0 unspecified atom stereocenters. The molecule has 0 saturated carbocycles. The van der Waals surface area contributed by atoms with E-state index < -0.39 is 12.3 Å². The number of halogens is 1. The highest BCUT2D eigenvalue weighted by molar-refractivity contribution is 5.78. The van der Waals surface area contributed by atoms with Gasteiger partial charge in [0.1, 0.15) is 6.17 Å². The Hall–Kier alpha value is -0.720. The fraction of sp³-hybridized carbons (Fsp3) is 0.917. The lowest BCUT2D eigenvalue weighted by molar-refractivity contribution is -0.144. The van der Waals surface area contributed by atoms with Crippen LogP contribution in [0.3, 0.4) is 0 Å². The van der Waals surface area contributed by atoms with E-state index in [-0.39, 0.29) is 37.7 Å². The van der Waals surface area contributed by atoms with E-state index in [1.165, 1.54) is 0 Å². The van der Waals surface area contributed by atoms with Gasteiger partial charge in [0.25, 0.3) is 0 Å². The monoisotopic (exact) mass is 260 g/mol. The van der Waals surface area contributed by atoms with E-state index in [2.05, 4.69) is 0 Å². The van der Waals surface area contributed by atoms with Crippen molar-refractivity contribution in [1.82, 2.24) is 9.80 Å². The number of alkyl halides is 1. The summed E-state index contributed by atoms with van der Waals surface area (Å²) in [4.78, 5) is 15.5. The first-order valence-corrected chi connectivity index (χ1v) is 6.43. The van der Waals surface area contributed by atoms with Gasteiger partial charge < -0.3 is 14.7 Å². The number of hydrogen-bond acceptors (Lipinski definition) is 4. The molecule has 2 aliphatic heterocycles. The molecule has 18 heavy (non-hydrogen) atoms. The second-order valence-corrected chi connectivity index (χ2v) is 5.33. The number of ether oxygens (including phenoxy) is 1. The van der Waals surface area contributed by atoms with Crippen molar-refractivity contribution in [2.24, 2.45) is 0 Å². The summed E-state index contributed by atoms with van der Waals surface area (Å²) in [7, 11) is 0. The maximum atomic E-state index is 13.1. The fourth-order valence-corrected chi connectivity index (χ4v) is 2.62. The van der Waals surface area contributed by atoms with Crippen molar-refractivity contribution in [3.8, 4) is 0 Å². The first-order valence-electron chi connectivity index (χ1n) is 6.43. The summed E-state index contributed by atoms with van der Waals surface area (Å²) in [5.74, 6) is -0.0155. The summed E-state index contributed by atoms with van der Waals surface area (Å²) in [6.07, 6.45) is -2.12. The van der Waals surface area contributed by atoms with Gasteiger partial charge in [-0.1, -0.05) is 0 Å². The zero-order valence-electron chi connectivity index (χ0n) is 10.9. The Balaban J connectivity index is 1.84. The second-order valence-electron chi connectivity index (χ2n) is 5.33. The number of amides is 1. The summed E-state index contributed by atoms with van der Waals surface area (Å²) in [6, 6.07) is 0. The van der Waals surface area contributed by atoms with E-state index in [1.807, 2.05) is 13.8 Å². The van der Waals surface area contributed by atoms with Crippen LogP contribution in [0.2, 0.25) is 0 Å². The lowest BCUT2D eigenvalue weighted by Crippen LogP contribution is -2.50. The van der Waals surface area contributed by atoms with Crippen LogP contribution in [0.25, 0.3) is 0 Å². The first-order chi connectivity index (χ1) is 8.45. The molecule has 0 spiro atoms. The lowest BCUT2D eigenvalue weighted by atomic mass is 10.2. The average Bonchev–Trinajstić information content (AvgIpc) is 2.56. The van der Waals surface area contributed by atoms with Gasteiger partial charge in [0, 0.05) is 26.2 Å². The van der Waals surface area contributed by atoms with Crippen molar-refractivity contribution in [3.63, 3.8) is 0 Å². The predicted molar refractivity (Wildman–Crippen MR) is 63.9 cm³/mol. The number of likely N-dealkylation sites (tertiary alicyclic amines) is 1. The zero-order chi connectivity index (χ0) is 13.3. The molecule has 6 heteroatoms. The molecule has 0 bridgehead atoms. The van der Waals surface area contributed by atoms with Gasteiger partial charge in [-0.2, -0.15) is 0 Å². The number of hydrogen-bond donors (Lipinski definition) is 1. The molecule has 0 aromatic rings. The zero-order valence-corrected chi connectivity index (χ0v) is 10.9. The number of rotatable bonds is 2. The van der Waals surface area contributed by atoms with E-state index in [0.29, 0.717) is 13.1 Å². The van der Waals surface area contributed by atoms with Crippen LogP contribution in [0, 0.1) is 0 Å². The van der Waals surface area contributed by atoms with Gasteiger partial charge in [-0.3, -0.25) is 9.69 Å². The smallest absolute Gasteiger partial charge is 0.236 e. The molecule has 2 aliphatic rings. The van der Waals surface area contributed by atoms with Crippen molar-refractivity contribution in [3.05, 3.63) is 0 Å². The Morgan fingerprint density at radius 1 is 1.28 bits per heavy atom. The van der Waals surface area contributed by atoms with Gasteiger partial charge in [-0.15, -0.1) is 0 Å². The molecule has 1 amide bonds. The molecule has 104 valence electrons. The standard InChI is InChI=1S/C12H21FN2O3/c1-8-3-15(4-9(2)18-8)12(17)7-14-5-10(13)11(16)6-14/h8-11,16H,3-7H2,1-2H3/t8-,9+,10-,11-/m1/s1. The van der Waals surface area contributed by atoms with Gasteiger partial charge in [-0.05, 0) is 13.8 Å². The number of aliphatic hydroxyl groups excluding tert-OH is 1. The third-order valence-corrected chi connectivity index (χ3v) is 3.43. The Bertz CT molecular complexity index is 296. The summed E-state index contributed by atoms with van der Waals surface area (Å²) >= 11 is 0. The summed E-state index contributed by atoms with van der Waals surface area (Å²) < 4.78 is 18.7. The van der Waals surface area contributed by atoms with Crippen LogP contribution in [0.1, 0.15) is 13.8 Å². The maximum Gasteiger partial charge on any atom is 0.236 e. The second kappa shape index (κ2) is 5.50. The number of β-amino-alcohol motifs (C(OH)–C–C–N with tert-alkyl or cyclic N) is 1. The van der Waals surface area contributed by atoms with E-state index >= 15 is 0 Å². The van der Waals surface area contributed by atoms with Gasteiger partial charge in [0.2, 0.25) is 5.91 Å². The highest BCUT2D eigenvalue weighted by Crippen LogP contribution is 2.15. The van der Waals surface area contributed by atoms with Gasteiger partial charge in [0.15, 0.2) is 0 Å². The van der Waals surface area contributed by atoms with Crippen molar-refractivity contribution >= 4 is 5.91 Å². The number of aliphatic hydroxyl groups is 1. The predicted octanol–water partition coefficient (Wildman–Crippen LogP) is -0.363. The average molecular weight is 260 g/mol. The van der Waals surface area contributed by atoms with Crippen LogP contribution in [0.15, 0.2) is 0 Å². The molecule has 5 nitrogen and oxygen atoms in total. The van der Waals surface area contributed by atoms with Crippen molar-refractivity contribution in [1.29, 1.82) is 0 Å². The number of carbonyl (C=O) groups is 1. The summed E-state index contributed by atoms with van der Waals surface area (Å²) in [5.41, 5.74) is 0. The quantitative estimate of drug-likeness (QED) is 0.736. The highest BCUT2D eigenvalue weighted by atomic mass is 19.1. The fourth-order valence-electron chi connectivity index (χ4n) is 2.62. The third-order valence-electron chi connectivity index (χ3n) is 3.43. The molecule has 4 atom stereocenters. The normalized spacial score (nSPS) is 38.1. The molecule has 2 heterocycles. The van der Waals surface area contributed by atoms with E-state index in [9.17, 15) is 14.3 Å². The van der Waals surface area contributed by atoms with E-state index in [1.54, 1.807) is 9.80 Å². The van der Waals surface area contributed by atoms with Crippen LogP contribution < -0.4 is 0 Å². The van der Waals surface area contributed by atoms with Crippen LogP contribution >= 0.6 is 0 Å². The first kappa shape index (κ1) is 13.7. The number of carbonyl (C=O) groups excluding carboxylic acids is 1. The van der Waals surface area contributed by atoms with Crippen molar-refractivity contribution in [2.75, 3.05) is 32.7 Å². The van der Waals surface area contributed by atoms with Crippen LogP contribution in [-0.4, -0.2) is 78.0 Å². The summed E-state index contributed by atoms with van der Waals surface area (Å²) in [5, 5.41) is 9.31.